The summed E-state index contributed by atoms with van der Waals surface area (Å²) in [6.07, 6.45) is 5.38. The van der Waals surface area contributed by atoms with Crippen LogP contribution in [0.25, 0.3) is 0 Å². The van der Waals surface area contributed by atoms with E-state index in [1.807, 2.05) is 0 Å². The summed E-state index contributed by atoms with van der Waals surface area (Å²) in [5, 5.41) is 0. The SMILES string of the molecule is C=C1CCCC[C@@H]1O[Si](C)(C)C. The van der Waals surface area contributed by atoms with Crippen LogP contribution in [0.4, 0.5) is 0 Å². The molecule has 0 heterocycles. The summed E-state index contributed by atoms with van der Waals surface area (Å²) in [7, 11) is -1.35. The maximum atomic E-state index is 6.03. The maximum Gasteiger partial charge on any atom is 0.184 e. The van der Waals surface area contributed by atoms with E-state index in [0.717, 1.165) is 0 Å². The zero-order valence-corrected chi connectivity index (χ0v) is 9.52. The first kappa shape index (κ1) is 10.0. The molecular weight excluding hydrogens is 164 g/mol. The third-order valence-electron chi connectivity index (χ3n) is 2.17. The molecule has 2 heteroatoms. The number of rotatable bonds is 2. The van der Waals surface area contributed by atoms with Crippen LogP contribution in [0, 0.1) is 0 Å². The molecule has 1 aliphatic rings. The van der Waals surface area contributed by atoms with Crippen LogP contribution >= 0.6 is 0 Å². The third kappa shape index (κ3) is 3.11. The molecule has 0 amide bonds. The summed E-state index contributed by atoms with van der Waals surface area (Å²) in [4.78, 5) is 0. The van der Waals surface area contributed by atoms with Gasteiger partial charge in [-0.25, -0.2) is 0 Å². The van der Waals surface area contributed by atoms with Crippen molar-refractivity contribution in [2.45, 2.75) is 51.4 Å². The molecule has 1 nitrogen and oxygen atoms in total. The molecule has 0 aromatic carbocycles. The second-order valence-electron chi connectivity index (χ2n) is 4.62. The highest BCUT2D eigenvalue weighted by Crippen LogP contribution is 2.26. The van der Waals surface area contributed by atoms with Crippen LogP contribution in [0.15, 0.2) is 12.2 Å². The van der Waals surface area contributed by atoms with Crippen molar-refractivity contribution in [2.24, 2.45) is 0 Å². The first-order valence-corrected chi connectivity index (χ1v) is 8.25. The van der Waals surface area contributed by atoms with Gasteiger partial charge in [0.15, 0.2) is 8.32 Å². The molecule has 0 N–H and O–H groups in total. The topological polar surface area (TPSA) is 9.23 Å². The van der Waals surface area contributed by atoms with E-state index in [0.29, 0.717) is 6.10 Å². The average molecular weight is 184 g/mol. The second kappa shape index (κ2) is 3.75. The highest BCUT2D eigenvalue weighted by atomic mass is 28.4. The fourth-order valence-electron chi connectivity index (χ4n) is 1.62. The molecule has 1 saturated carbocycles. The Morgan fingerprint density at radius 1 is 1.33 bits per heavy atom. The zero-order valence-electron chi connectivity index (χ0n) is 8.52. The molecule has 12 heavy (non-hydrogen) atoms. The summed E-state index contributed by atoms with van der Waals surface area (Å²) in [5.41, 5.74) is 1.32. The third-order valence-corrected chi connectivity index (χ3v) is 3.16. The van der Waals surface area contributed by atoms with Crippen LogP contribution in [0.1, 0.15) is 25.7 Å². The van der Waals surface area contributed by atoms with Crippen LogP contribution in [-0.2, 0) is 4.43 Å². The molecular formula is C10H20OSi. The van der Waals surface area contributed by atoms with E-state index in [2.05, 4.69) is 26.2 Å². The van der Waals surface area contributed by atoms with Gasteiger partial charge >= 0.3 is 0 Å². The molecule has 1 aliphatic carbocycles. The van der Waals surface area contributed by atoms with Gasteiger partial charge < -0.3 is 4.43 Å². The fraction of sp³-hybridized carbons (Fsp3) is 0.800. The smallest absolute Gasteiger partial charge is 0.184 e. The maximum absolute atomic E-state index is 6.03. The molecule has 70 valence electrons. The van der Waals surface area contributed by atoms with Gasteiger partial charge in [-0.2, -0.15) is 0 Å². The Hall–Kier alpha value is -0.0831. The van der Waals surface area contributed by atoms with E-state index in [9.17, 15) is 0 Å². The standard InChI is InChI=1S/C10H20OSi/c1-9-7-5-6-8-10(9)11-12(2,3)4/h10H,1,5-8H2,2-4H3/t10-/m0/s1. The summed E-state index contributed by atoms with van der Waals surface area (Å²) < 4.78 is 6.03. The molecule has 1 fully saturated rings. The van der Waals surface area contributed by atoms with E-state index < -0.39 is 8.32 Å². The Morgan fingerprint density at radius 2 is 2.00 bits per heavy atom. The predicted molar refractivity (Wildman–Crippen MR) is 55.8 cm³/mol. The molecule has 0 unspecified atom stereocenters. The fourth-order valence-corrected chi connectivity index (χ4v) is 2.75. The highest BCUT2D eigenvalue weighted by Gasteiger charge is 2.24. The molecule has 0 radical (unpaired) electrons. The Morgan fingerprint density at radius 3 is 2.50 bits per heavy atom. The minimum Gasteiger partial charge on any atom is -0.411 e. The lowest BCUT2D eigenvalue weighted by atomic mass is 9.94. The Kier molecular flexibility index (Phi) is 3.13. The number of hydrogen-bond acceptors (Lipinski definition) is 1. The minimum atomic E-state index is -1.35. The van der Waals surface area contributed by atoms with Crippen LogP contribution < -0.4 is 0 Å². The lowest BCUT2D eigenvalue weighted by Crippen LogP contribution is -2.34. The van der Waals surface area contributed by atoms with E-state index >= 15 is 0 Å². The lowest BCUT2D eigenvalue weighted by molar-refractivity contribution is 0.197. The molecule has 0 aromatic heterocycles. The largest absolute Gasteiger partial charge is 0.411 e. The highest BCUT2D eigenvalue weighted by molar-refractivity contribution is 6.69. The second-order valence-corrected chi connectivity index (χ2v) is 9.08. The number of hydrogen-bond donors (Lipinski definition) is 0. The molecule has 1 rings (SSSR count). The lowest BCUT2D eigenvalue weighted by Gasteiger charge is -2.30. The van der Waals surface area contributed by atoms with Crippen molar-refractivity contribution in [1.82, 2.24) is 0 Å². The van der Waals surface area contributed by atoms with Gasteiger partial charge in [0.1, 0.15) is 0 Å². The summed E-state index contributed by atoms with van der Waals surface area (Å²) >= 11 is 0. The monoisotopic (exact) mass is 184 g/mol. The zero-order chi connectivity index (χ0) is 9.19. The molecule has 0 spiro atoms. The van der Waals surface area contributed by atoms with Crippen LogP contribution in [-0.4, -0.2) is 14.4 Å². The van der Waals surface area contributed by atoms with Gasteiger partial charge in [-0.05, 0) is 38.9 Å². The van der Waals surface area contributed by atoms with Gasteiger partial charge in [-0.15, -0.1) is 0 Å². The molecule has 0 saturated heterocycles. The van der Waals surface area contributed by atoms with Crippen molar-refractivity contribution >= 4 is 8.32 Å². The van der Waals surface area contributed by atoms with E-state index in [1.165, 1.54) is 31.3 Å². The van der Waals surface area contributed by atoms with Crippen molar-refractivity contribution in [3.8, 4) is 0 Å². The van der Waals surface area contributed by atoms with Crippen molar-refractivity contribution in [2.75, 3.05) is 0 Å². The Labute approximate surface area is 76.9 Å². The van der Waals surface area contributed by atoms with E-state index in [-0.39, 0.29) is 0 Å². The average Bonchev–Trinajstić information content (AvgIpc) is 1.91. The van der Waals surface area contributed by atoms with Crippen molar-refractivity contribution in [3.05, 3.63) is 12.2 Å². The Balaban J connectivity index is 2.45. The van der Waals surface area contributed by atoms with Gasteiger partial charge in [0.2, 0.25) is 0 Å². The predicted octanol–water partition coefficient (Wildman–Crippen LogP) is 3.34. The van der Waals surface area contributed by atoms with E-state index in [4.69, 9.17) is 4.43 Å². The van der Waals surface area contributed by atoms with Gasteiger partial charge in [0, 0.05) is 0 Å². The summed E-state index contributed by atoms with van der Waals surface area (Å²) in [6, 6.07) is 0. The van der Waals surface area contributed by atoms with Crippen molar-refractivity contribution in [3.63, 3.8) is 0 Å². The van der Waals surface area contributed by atoms with Crippen LogP contribution in [0.3, 0.4) is 0 Å². The van der Waals surface area contributed by atoms with Crippen molar-refractivity contribution < 1.29 is 4.43 Å². The van der Waals surface area contributed by atoms with E-state index in [1.54, 1.807) is 0 Å². The van der Waals surface area contributed by atoms with Crippen molar-refractivity contribution in [1.29, 1.82) is 0 Å². The van der Waals surface area contributed by atoms with Gasteiger partial charge in [0.05, 0.1) is 6.10 Å². The summed E-state index contributed by atoms with van der Waals surface area (Å²) in [5.74, 6) is 0. The van der Waals surface area contributed by atoms with Gasteiger partial charge in [-0.3, -0.25) is 0 Å². The van der Waals surface area contributed by atoms with Gasteiger partial charge in [-0.1, -0.05) is 18.6 Å². The first-order valence-electron chi connectivity index (χ1n) is 4.84. The Bertz CT molecular complexity index is 169. The van der Waals surface area contributed by atoms with Gasteiger partial charge in [0.25, 0.3) is 0 Å². The normalized spacial score (nSPS) is 25.9. The first-order chi connectivity index (χ1) is 5.49. The molecule has 0 aromatic rings. The molecule has 1 atom stereocenters. The van der Waals surface area contributed by atoms with Crippen LogP contribution in [0.5, 0.6) is 0 Å². The van der Waals surface area contributed by atoms with Crippen LogP contribution in [0.2, 0.25) is 19.6 Å². The quantitative estimate of drug-likeness (QED) is 0.472. The summed E-state index contributed by atoms with van der Waals surface area (Å²) in [6.45, 7) is 10.8. The molecule has 0 bridgehead atoms. The minimum absolute atomic E-state index is 0.380. The molecule has 0 aliphatic heterocycles.